The normalized spacial score (nSPS) is 12.0. The van der Waals surface area contributed by atoms with Crippen LogP contribution in [0.25, 0.3) is 0 Å². The fraction of sp³-hybridized carbons (Fsp3) is 0.150. The number of carbonyl (C=O) groups is 1. The van der Waals surface area contributed by atoms with Crippen LogP contribution >= 0.6 is 0 Å². The minimum absolute atomic E-state index is 0.0516. The van der Waals surface area contributed by atoms with Crippen LogP contribution in [0.1, 0.15) is 15.9 Å². The molecule has 2 aromatic carbocycles. The van der Waals surface area contributed by atoms with Gasteiger partial charge in [0.15, 0.2) is 11.5 Å². The Morgan fingerprint density at radius 1 is 1.06 bits per heavy atom. The molecular formula is C20H18N6O5. The molecule has 0 spiro atoms. The number of aryl methyl sites for hydroxylation is 1. The number of fused-ring (bicyclic) bond motifs is 1. The first-order valence-electron chi connectivity index (χ1n) is 9.31. The van der Waals surface area contributed by atoms with Crippen molar-refractivity contribution < 1.29 is 19.2 Å². The average Bonchev–Trinajstić information content (AvgIpc) is 2.77. The predicted octanol–water partition coefficient (Wildman–Crippen LogP) is 2.96. The summed E-state index contributed by atoms with van der Waals surface area (Å²) in [4.78, 5) is 31.4. The summed E-state index contributed by atoms with van der Waals surface area (Å²) >= 11 is 0. The van der Waals surface area contributed by atoms with Gasteiger partial charge in [-0.25, -0.2) is 9.97 Å². The number of benzene rings is 2. The van der Waals surface area contributed by atoms with Gasteiger partial charge in [0, 0.05) is 17.3 Å². The summed E-state index contributed by atoms with van der Waals surface area (Å²) < 4.78 is 11.0. The highest BCUT2D eigenvalue weighted by Crippen LogP contribution is 2.36. The third-order valence-corrected chi connectivity index (χ3v) is 4.49. The second-order valence-electron chi connectivity index (χ2n) is 6.55. The molecule has 0 saturated heterocycles. The molecule has 1 aromatic heterocycles. The minimum atomic E-state index is -0.636. The first-order valence-corrected chi connectivity index (χ1v) is 9.31. The van der Waals surface area contributed by atoms with E-state index in [1.165, 1.54) is 0 Å². The highest BCUT2D eigenvalue weighted by atomic mass is 16.6. The van der Waals surface area contributed by atoms with Crippen molar-refractivity contribution in [3.63, 3.8) is 0 Å². The maximum Gasteiger partial charge on any atom is 0.355 e. The third kappa shape index (κ3) is 4.29. The van der Waals surface area contributed by atoms with Crippen LogP contribution in [0.15, 0.2) is 48.8 Å². The van der Waals surface area contributed by atoms with Gasteiger partial charge in [-0.1, -0.05) is 18.2 Å². The molecule has 1 amide bonds. The van der Waals surface area contributed by atoms with Crippen LogP contribution in [0, 0.1) is 17.0 Å². The number of hydrazine groups is 1. The molecule has 31 heavy (non-hydrogen) atoms. The van der Waals surface area contributed by atoms with E-state index in [4.69, 9.17) is 9.47 Å². The molecular weight excluding hydrogens is 404 g/mol. The van der Waals surface area contributed by atoms with Crippen molar-refractivity contribution in [2.75, 3.05) is 24.0 Å². The average molecular weight is 422 g/mol. The predicted molar refractivity (Wildman–Crippen MR) is 112 cm³/mol. The summed E-state index contributed by atoms with van der Waals surface area (Å²) in [6.45, 7) is 2.66. The van der Waals surface area contributed by atoms with E-state index >= 15 is 0 Å². The molecule has 0 saturated carbocycles. The zero-order chi connectivity index (χ0) is 21.8. The van der Waals surface area contributed by atoms with Gasteiger partial charge in [0.05, 0.1) is 4.92 Å². The van der Waals surface area contributed by atoms with Gasteiger partial charge in [0.2, 0.25) is 11.6 Å². The number of ether oxygens (including phenoxy) is 2. The molecule has 3 N–H and O–H groups in total. The van der Waals surface area contributed by atoms with E-state index < -0.39 is 16.5 Å². The van der Waals surface area contributed by atoms with Gasteiger partial charge in [-0.3, -0.25) is 25.8 Å². The highest BCUT2D eigenvalue weighted by Gasteiger charge is 2.24. The zero-order valence-corrected chi connectivity index (χ0v) is 16.4. The van der Waals surface area contributed by atoms with Crippen LogP contribution in [0.4, 0.5) is 23.0 Å². The molecule has 158 valence electrons. The van der Waals surface area contributed by atoms with Crippen LogP contribution in [0.3, 0.4) is 0 Å². The quantitative estimate of drug-likeness (QED) is 0.404. The van der Waals surface area contributed by atoms with E-state index in [1.54, 1.807) is 43.3 Å². The van der Waals surface area contributed by atoms with Crippen LogP contribution in [0.5, 0.6) is 11.5 Å². The molecule has 0 bridgehead atoms. The van der Waals surface area contributed by atoms with Crippen molar-refractivity contribution in [2.24, 2.45) is 0 Å². The number of anilines is 3. The molecule has 1 aliphatic heterocycles. The first kappa shape index (κ1) is 19.9. The Labute approximate surface area is 176 Å². The SMILES string of the molecule is Cc1ccccc1C(=O)NNc1ncnc(Nc2ccc3c(c2)OCCO3)c1[N+](=O)[O-]. The van der Waals surface area contributed by atoms with Gasteiger partial charge < -0.3 is 14.8 Å². The molecule has 11 nitrogen and oxygen atoms in total. The van der Waals surface area contributed by atoms with Crippen molar-refractivity contribution in [3.05, 3.63) is 70.0 Å². The summed E-state index contributed by atoms with van der Waals surface area (Å²) in [5, 5.41) is 14.6. The van der Waals surface area contributed by atoms with Gasteiger partial charge >= 0.3 is 5.69 Å². The lowest BCUT2D eigenvalue weighted by Gasteiger charge is -2.19. The maximum atomic E-state index is 12.4. The Bertz CT molecular complexity index is 1150. The minimum Gasteiger partial charge on any atom is -0.486 e. The van der Waals surface area contributed by atoms with Crippen molar-refractivity contribution in [1.29, 1.82) is 0 Å². The van der Waals surface area contributed by atoms with Gasteiger partial charge in [-0.15, -0.1) is 0 Å². The summed E-state index contributed by atoms with van der Waals surface area (Å²) in [5.74, 6) is 0.450. The number of amides is 1. The second-order valence-corrected chi connectivity index (χ2v) is 6.55. The Balaban J connectivity index is 1.56. The standard InChI is InChI=1S/C20H18N6O5/c1-12-4-2-3-5-14(12)20(27)25-24-19-17(26(28)29)18(21-11-22-19)23-13-6-7-15-16(10-13)31-9-8-30-15/h2-7,10-11H,8-9H2,1H3,(H,25,27)(H2,21,22,23,24). The Morgan fingerprint density at radius 3 is 2.58 bits per heavy atom. The molecule has 11 heteroatoms. The smallest absolute Gasteiger partial charge is 0.355 e. The van der Waals surface area contributed by atoms with E-state index in [9.17, 15) is 14.9 Å². The molecule has 0 radical (unpaired) electrons. The third-order valence-electron chi connectivity index (χ3n) is 4.49. The van der Waals surface area contributed by atoms with E-state index in [1.807, 2.05) is 6.07 Å². The van der Waals surface area contributed by atoms with E-state index in [0.717, 1.165) is 11.9 Å². The number of carbonyl (C=O) groups excluding carboxylic acids is 1. The number of hydrogen-bond acceptors (Lipinski definition) is 9. The van der Waals surface area contributed by atoms with Crippen molar-refractivity contribution in [3.8, 4) is 11.5 Å². The van der Waals surface area contributed by atoms with Crippen LogP contribution in [0.2, 0.25) is 0 Å². The zero-order valence-electron chi connectivity index (χ0n) is 16.4. The van der Waals surface area contributed by atoms with Crippen LogP contribution < -0.4 is 25.6 Å². The molecule has 0 aliphatic carbocycles. The number of nitrogens with zero attached hydrogens (tertiary/aromatic N) is 3. The maximum absolute atomic E-state index is 12.4. The molecule has 3 aromatic rings. The molecule has 0 fully saturated rings. The number of nitrogens with one attached hydrogen (secondary N) is 3. The van der Waals surface area contributed by atoms with Crippen LogP contribution in [-0.2, 0) is 0 Å². The van der Waals surface area contributed by atoms with Crippen molar-refractivity contribution in [1.82, 2.24) is 15.4 Å². The molecule has 4 rings (SSSR count). The fourth-order valence-corrected chi connectivity index (χ4v) is 3.00. The van der Waals surface area contributed by atoms with Gasteiger partial charge in [-0.05, 0) is 30.7 Å². The van der Waals surface area contributed by atoms with E-state index in [2.05, 4.69) is 26.1 Å². The van der Waals surface area contributed by atoms with Crippen molar-refractivity contribution >= 4 is 28.9 Å². The topological polar surface area (TPSA) is 141 Å². The monoisotopic (exact) mass is 422 g/mol. The highest BCUT2D eigenvalue weighted by molar-refractivity contribution is 5.96. The Hall–Kier alpha value is -4.41. The van der Waals surface area contributed by atoms with Gasteiger partial charge in [0.1, 0.15) is 19.5 Å². The Morgan fingerprint density at radius 2 is 1.81 bits per heavy atom. The fourth-order valence-electron chi connectivity index (χ4n) is 3.00. The summed E-state index contributed by atoms with van der Waals surface area (Å²) in [6, 6.07) is 12.0. The van der Waals surface area contributed by atoms with E-state index in [0.29, 0.717) is 36.0 Å². The summed E-state index contributed by atoms with van der Waals surface area (Å²) in [5.41, 5.74) is 6.24. The molecule has 1 aliphatic rings. The lowest BCUT2D eigenvalue weighted by molar-refractivity contribution is -0.383. The largest absolute Gasteiger partial charge is 0.486 e. The number of nitro groups is 1. The molecule has 0 atom stereocenters. The van der Waals surface area contributed by atoms with E-state index in [-0.39, 0.29) is 11.6 Å². The lowest BCUT2D eigenvalue weighted by atomic mass is 10.1. The second kappa shape index (κ2) is 8.53. The number of hydrogen-bond donors (Lipinski definition) is 3. The summed E-state index contributed by atoms with van der Waals surface area (Å²) in [6.07, 6.45) is 1.15. The van der Waals surface area contributed by atoms with Crippen molar-refractivity contribution in [2.45, 2.75) is 6.92 Å². The number of rotatable bonds is 6. The first-order chi connectivity index (χ1) is 15.0. The molecule has 2 heterocycles. The Kier molecular flexibility index (Phi) is 5.47. The molecule has 0 unspecified atom stereocenters. The lowest BCUT2D eigenvalue weighted by Crippen LogP contribution is -2.30. The summed E-state index contributed by atoms with van der Waals surface area (Å²) in [7, 11) is 0. The van der Waals surface area contributed by atoms with Crippen LogP contribution in [-0.4, -0.2) is 34.0 Å². The number of aromatic nitrogens is 2. The van der Waals surface area contributed by atoms with Gasteiger partial charge in [-0.2, -0.15) is 0 Å². The van der Waals surface area contributed by atoms with Gasteiger partial charge in [0.25, 0.3) is 5.91 Å².